The summed E-state index contributed by atoms with van der Waals surface area (Å²) in [7, 11) is 1.58. The molecule has 68 valence electrons. The Bertz CT molecular complexity index is 87.8. The van der Waals surface area contributed by atoms with Gasteiger partial charge in [-0.2, -0.15) is 0 Å². The number of hydrogen-bond donors (Lipinski definition) is 3. The number of methoxy groups -OCH3 is 1. The van der Waals surface area contributed by atoms with Crippen LogP contribution >= 0.6 is 0 Å². The van der Waals surface area contributed by atoms with Crippen molar-refractivity contribution < 1.29 is 14.9 Å². The Morgan fingerprint density at radius 3 is 2.55 bits per heavy atom. The van der Waals surface area contributed by atoms with E-state index in [1.807, 2.05) is 0 Å². The van der Waals surface area contributed by atoms with Gasteiger partial charge in [-0.15, -0.1) is 0 Å². The van der Waals surface area contributed by atoms with Crippen LogP contribution in [0.5, 0.6) is 0 Å². The fourth-order valence-electron chi connectivity index (χ4n) is 0.715. The van der Waals surface area contributed by atoms with Crippen LogP contribution in [0.2, 0.25) is 0 Å². The molecule has 0 aliphatic rings. The highest BCUT2D eigenvalue weighted by molar-refractivity contribution is 4.65. The standard InChI is InChI=1S/C7H17NO3/c1-6(10)3-8-7(4-9)5-11-2/h6-10H,3-5H2,1-2H3. The molecule has 0 aromatic rings. The van der Waals surface area contributed by atoms with Crippen LogP contribution in [-0.4, -0.2) is 49.2 Å². The third-order valence-corrected chi connectivity index (χ3v) is 1.29. The molecule has 11 heavy (non-hydrogen) atoms. The van der Waals surface area contributed by atoms with Gasteiger partial charge in [-0.05, 0) is 6.92 Å². The first-order valence-electron chi connectivity index (χ1n) is 3.72. The first-order chi connectivity index (χ1) is 5.20. The highest BCUT2D eigenvalue weighted by Gasteiger charge is 2.06. The van der Waals surface area contributed by atoms with E-state index < -0.39 is 0 Å². The maximum atomic E-state index is 8.88. The lowest BCUT2D eigenvalue weighted by Gasteiger charge is -2.15. The first-order valence-corrected chi connectivity index (χ1v) is 3.72. The summed E-state index contributed by atoms with van der Waals surface area (Å²) < 4.78 is 4.82. The van der Waals surface area contributed by atoms with E-state index in [1.165, 1.54) is 0 Å². The van der Waals surface area contributed by atoms with Gasteiger partial charge in [0.1, 0.15) is 0 Å². The SMILES string of the molecule is COCC(CO)NCC(C)O. The van der Waals surface area contributed by atoms with E-state index >= 15 is 0 Å². The molecule has 0 aromatic heterocycles. The van der Waals surface area contributed by atoms with Crippen molar-refractivity contribution in [3.05, 3.63) is 0 Å². The third-order valence-electron chi connectivity index (χ3n) is 1.29. The van der Waals surface area contributed by atoms with Gasteiger partial charge in [0.15, 0.2) is 0 Å². The molecule has 0 saturated heterocycles. The van der Waals surface area contributed by atoms with E-state index in [1.54, 1.807) is 14.0 Å². The topological polar surface area (TPSA) is 61.7 Å². The number of nitrogens with one attached hydrogen (secondary N) is 1. The molecule has 0 aliphatic heterocycles. The predicted molar refractivity (Wildman–Crippen MR) is 42.4 cm³/mol. The smallest absolute Gasteiger partial charge is 0.0638 e. The monoisotopic (exact) mass is 163 g/mol. The van der Waals surface area contributed by atoms with Crippen molar-refractivity contribution in [1.82, 2.24) is 5.32 Å². The Morgan fingerprint density at radius 2 is 2.18 bits per heavy atom. The number of aliphatic hydroxyl groups excluding tert-OH is 2. The zero-order valence-corrected chi connectivity index (χ0v) is 7.08. The normalized spacial score (nSPS) is 16.4. The van der Waals surface area contributed by atoms with Crippen LogP contribution in [0.1, 0.15) is 6.92 Å². The van der Waals surface area contributed by atoms with E-state index in [-0.39, 0.29) is 18.8 Å². The molecule has 0 aromatic carbocycles. The van der Waals surface area contributed by atoms with Gasteiger partial charge in [-0.3, -0.25) is 0 Å². The molecule has 0 spiro atoms. The average Bonchev–Trinajstić information content (AvgIpc) is 1.97. The quantitative estimate of drug-likeness (QED) is 0.468. The minimum absolute atomic E-state index is 0.0283. The summed E-state index contributed by atoms with van der Waals surface area (Å²) in [5.74, 6) is 0. The fraction of sp³-hybridized carbons (Fsp3) is 1.00. The summed E-state index contributed by atoms with van der Waals surface area (Å²) in [6.45, 7) is 2.66. The predicted octanol–water partition coefficient (Wildman–Crippen LogP) is -1.04. The van der Waals surface area contributed by atoms with Gasteiger partial charge in [0, 0.05) is 13.7 Å². The third kappa shape index (κ3) is 6.25. The van der Waals surface area contributed by atoms with Crippen molar-refractivity contribution in [3.63, 3.8) is 0 Å². The van der Waals surface area contributed by atoms with Crippen molar-refractivity contribution in [2.75, 3.05) is 26.9 Å². The molecule has 0 fully saturated rings. The number of aliphatic hydroxyl groups is 2. The van der Waals surface area contributed by atoms with Crippen LogP contribution in [0.3, 0.4) is 0 Å². The zero-order valence-electron chi connectivity index (χ0n) is 7.08. The Balaban J connectivity index is 3.35. The van der Waals surface area contributed by atoms with Gasteiger partial charge in [-0.25, -0.2) is 0 Å². The van der Waals surface area contributed by atoms with Gasteiger partial charge in [0.2, 0.25) is 0 Å². The highest BCUT2D eigenvalue weighted by Crippen LogP contribution is 1.84. The average molecular weight is 163 g/mol. The molecule has 2 unspecified atom stereocenters. The molecule has 3 N–H and O–H groups in total. The summed E-state index contributed by atoms with van der Waals surface area (Å²) >= 11 is 0. The Hall–Kier alpha value is -0.160. The molecule has 4 heteroatoms. The molecule has 4 nitrogen and oxygen atoms in total. The number of ether oxygens (including phenoxy) is 1. The fourth-order valence-corrected chi connectivity index (χ4v) is 0.715. The highest BCUT2D eigenvalue weighted by atomic mass is 16.5. The molecule has 2 atom stereocenters. The van der Waals surface area contributed by atoms with Gasteiger partial charge in [-0.1, -0.05) is 0 Å². The molecule has 0 bridgehead atoms. The zero-order chi connectivity index (χ0) is 8.69. The van der Waals surface area contributed by atoms with E-state index in [2.05, 4.69) is 5.32 Å². The Morgan fingerprint density at radius 1 is 1.55 bits per heavy atom. The maximum absolute atomic E-state index is 8.88. The van der Waals surface area contributed by atoms with Crippen molar-refractivity contribution in [2.24, 2.45) is 0 Å². The molecule has 0 aliphatic carbocycles. The van der Waals surface area contributed by atoms with Crippen LogP contribution < -0.4 is 5.32 Å². The van der Waals surface area contributed by atoms with E-state index in [4.69, 9.17) is 14.9 Å². The summed E-state index contributed by atoms with van der Waals surface area (Å²) in [4.78, 5) is 0. The molecule has 0 heterocycles. The second-order valence-electron chi connectivity index (χ2n) is 2.59. The van der Waals surface area contributed by atoms with Gasteiger partial charge >= 0.3 is 0 Å². The summed E-state index contributed by atoms with van der Waals surface area (Å²) in [6, 6.07) is -0.0744. The Labute approximate surface area is 67.2 Å². The minimum Gasteiger partial charge on any atom is -0.395 e. The van der Waals surface area contributed by atoms with E-state index in [0.29, 0.717) is 13.2 Å². The van der Waals surface area contributed by atoms with Crippen LogP contribution in [-0.2, 0) is 4.74 Å². The largest absolute Gasteiger partial charge is 0.395 e. The number of rotatable bonds is 6. The van der Waals surface area contributed by atoms with Crippen molar-refractivity contribution in [1.29, 1.82) is 0 Å². The van der Waals surface area contributed by atoms with E-state index in [0.717, 1.165) is 0 Å². The maximum Gasteiger partial charge on any atom is 0.0638 e. The summed E-state index contributed by atoms with van der Waals surface area (Å²) in [5.41, 5.74) is 0. The van der Waals surface area contributed by atoms with Gasteiger partial charge in [0.05, 0.1) is 25.4 Å². The summed E-state index contributed by atoms with van der Waals surface area (Å²) in [5, 5.41) is 20.6. The lowest BCUT2D eigenvalue weighted by atomic mass is 10.3. The molecular formula is C7H17NO3. The lowest BCUT2D eigenvalue weighted by Crippen LogP contribution is -2.40. The molecule has 0 saturated carbocycles. The lowest BCUT2D eigenvalue weighted by molar-refractivity contribution is 0.115. The first kappa shape index (κ1) is 10.8. The van der Waals surface area contributed by atoms with Crippen LogP contribution in [0.4, 0.5) is 0 Å². The van der Waals surface area contributed by atoms with Crippen LogP contribution in [0, 0.1) is 0 Å². The van der Waals surface area contributed by atoms with Gasteiger partial charge in [0.25, 0.3) is 0 Å². The van der Waals surface area contributed by atoms with Crippen LogP contribution in [0.15, 0.2) is 0 Å². The van der Waals surface area contributed by atoms with Gasteiger partial charge < -0.3 is 20.3 Å². The minimum atomic E-state index is -0.388. The molecule has 0 rings (SSSR count). The van der Waals surface area contributed by atoms with E-state index in [9.17, 15) is 0 Å². The van der Waals surface area contributed by atoms with Crippen molar-refractivity contribution in [2.45, 2.75) is 19.1 Å². The second kappa shape index (κ2) is 6.54. The molecule has 0 radical (unpaired) electrons. The second-order valence-corrected chi connectivity index (χ2v) is 2.59. The number of hydrogen-bond acceptors (Lipinski definition) is 4. The molecule has 0 amide bonds. The van der Waals surface area contributed by atoms with Crippen LogP contribution in [0.25, 0.3) is 0 Å². The molecular weight excluding hydrogens is 146 g/mol. The van der Waals surface area contributed by atoms with Crippen molar-refractivity contribution in [3.8, 4) is 0 Å². The Kier molecular flexibility index (Phi) is 6.45. The summed E-state index contributed by atoms with van der Waals surface area (Å²) in [6.07, 6.45) is -0.388. The van der Waals surface area contributed by atoms with Crippen molar-refractivity contribution >= 4 is 0 Å².